The van der Waals surface area contributed by atoms with Crippen molar-refractivity contribution in [2.45, 2.75) is 62.1 Å². The van der Waals surface area contributed by atoms with Gasteiger partial charge in [0.15, 0.2) is 0 Å². The fourth-order valence-corrected chi connectivity index (χ4v) is 5.25. The molecule has 10 heteroatoms. The van der Waals surface area contributed by atoms with E-state index in [-0.39, 0.29) is 18.2 Å². The molecule has 1 aromatic rings. The maximum absolute atomic E-state index is 13.2. The van der Waals surface area contributed by atoms with Gasteiger partial charge in [-0.15, -0.1) is 0 Å². The van der Waals surface area contributed by atoms with E-state index in [1.54, 1.807) is 4.72 Å². The number of rotatable bonds is 4. The van der Waals surface area contributed by atoms with E-state index in [2.05, 4.69) is 0 Å². The maximum Gasteiger partial charge on any atom is 0.417 e. The lowest BCUT2D eigenvalue weighted by atomic mass is 9.81. The van der Waals surface area contributed by atoms with Crippen molar-refractivity contribution in [1.29, 1.82) is 0 Å². The van der Waals surface area contributed by atoms with Gasteiger partial charge in [0, 0.05) is 12.5 Å². The Morgan fingerprint density at radius 2 is 1.76 bits per heavy atom. The Hall–Kier alpha value is -2.10. The number of benzene rings is 1. The first kappa shape index (κ1) is 21.6. The van der Waals surface area contributed by atoms with Gasteiger partial charge in [-0.2, -0.15) is 13.2 Å². The minimum Gasteiger partial charge on any atom is -0.328 e. The molecular weight excluding hydrogens is 409 g/mol. The number of carbonyl (C=O) groups is 2. The summed E-state index contributed by atoms with van der Waals surface area (Å²) in [5.74, 6) is -1.38. The fraction of sp³-hybridized carbons (Fsp3) is 0.579. The van der Waals surface area contributed by atoms with Crippen LogP contribution in [-0.4, -0.2) is 37.2 Å². The lowest BCUT2D eigenvalue weighted by Gasteiger charge is -2.50. The molecule has 1 saturated carbocycles. The zero-order valence-electron chi connectivity index (χ0n) is 16.0. The molecule has 2 amide bonds. The summed E-state index contributed by atoms with van der Waals surface area (Å²) in [6, 6.07) is 3.66. The number of nitrogens with zero attached hydrogens (tertiary/aromatic N) is 1. The summed E-state index contributed by atoms with van der Waals surface area (Å²) in [7, 11) is -4.76. The van der Waals surface area contributed by atoms with Crippen LogP contribution in [0.5, 0.6) is 0 Å². The highest BCUT2D eigenvalue weighted by molar-refractivity contribution is 7.90. The van der Waals surface area contributed by atoms with Gasteiger partial charge in [0.1, 0.15) is 5.54 Å². The first-order valence-electron chi connectivity index (χ1n) is 9.52. The molecule has 1 unspecified atom stereocenters. The molecule has 1 N–H and O–H groups in total. The third-order valence-corrected chi connectivity index (χ3v) is 7.23. The van der Waals surface area contributed by atoms with Gasteiger partial charge in [-0.3, -0.25) is 9.59 Å². The lowest BCUT2D eigenvalue weighted by molar-refractivity contribution is -0.160. The number of nitrogens with one attached hydrogen (secondary N) is 1. The molecule has 1 saturated heterocycles. The molecule has 0 radical (unpaired) electrons. The second-order valence-electron chi connectivity index (χ2n) is 7.78. The number of carbonyl (C=O) groups excluding carboxylic acids is 2. The van der Waals surface area contributed by atoms with Gasteiger partial charge in [-0.1, -0.05) is 31.4 Å². The van der Waals surface area contributed by atoms with E-state index in [9.17, 15) is 31.2 Å². The van der Waals surface area contributed by atoms with Crippen LogP contribution in [0.2, 0.25) is 0 Å². The molecule has 1 atom stereocenters. The van der Waals surface area contributed by atoms with E-state index in [1.165, 1.54) is 11.8 Å². The zero-order valence-corrected chi connectivity index (χ0v) is 16.8. The maximum atomic E-state index is 13.2. The Labute approximate surface area is 167 Å². The lowest BCUT2D eigenvalue weighted by Crippen LogP contribution is -2.68. The van der Waals surface area contributed by atoms with Crippen molar-refractivity contribution in [3.8, 4) is 0 Å². The second-order valence-corrected chi connectivity index (χ2v) is 9.43. The predicted octanol–water partition coefficient (Wildman–Crippen LogP) is 3.08. The first-order valence-corrected chi connectivity index (χ1v) is 11.0. The molecule has 2 fully saturated rings. The SMILES string of the molecule is CC1(C(=O)NS(=O)(=O)c2ccccc2C(F)(F)F)CCN1C(=O)C1CCCCC1. The van der Waals surface area contributed by atoms with E-state index in [0.717, 1.165) is 50.3 Å². The molecule has 6 nitrogen and oxygen atoms in total. The number of alkyl halides is 3. The Bertz CT molecular complexity index is 910. The minimum atomic E-state index is -4.89. The standard InChI is InChI=1S/C19H23F3N2O4S/c1-18(11-12-24(18)16(25)13-7-3-2-4-8-13)17(26)23-29(27,28)15-10-6-5-9-14(15)19(20,21)22/h5-6,9-10,13H,2-4,7-8,11-12H2,1H3,(H,23,26). The molecule has 1 aliphatic carbocycles. The van der Waals surface area contributed by atoms with Crippen LogP contribution in [0, 0.1) is 5.92 Å². The van der Waals surface area contributed by atoms with Crippen molar-refractivity contribution in [3.63, 3.8) is 0 Å². The van der Waals surface area contributed by atoms with Gasteiger partial charge in [0.2, 0.25) is 5.91 Å². The van der Waals surface area contributed by atoms with Crippen LogP contribution >= 0.6 is 0 Å². The highest BCUT2D eigenvalue weighted by Crippen LogP contribution is 2.37. The number of halogens is 3. The Balaban J connectivity index is 1.80. The number of hydrogen-bond donors (Lipinski definition) is 1. The summed E-state index contributed by atoms with van der Waals surface area (Å²) in [5, 5.41) is 0. The van der Waals surface area contributed by atoms with Crippen molar-refractivity contribution < 1.29 is 31.2 Å². The summed E-state index contributed by atoms with van der Waals surface area (Å²) >= 11 is 0. The summed E-state index contributed by atoms with van der Waals surface area (Å²) in [5.41, 5.74) is -2.75. The van der Waals surface area contributed by atoms with Crippen LogP contribution in [0.3, 0.4) is 0 Å². The highest BCUT2D eigenvalue weighted by atomic mass is 32.2. The van der Waals surface area contributed by atoms with E-state index in [4.69, 9.17) is 0 Å². The molecule has 29 heavy (non-hydrogen) atoms. The molecule has 1 heterocycles. The van der Waals surface area contributed by atoms with Gasteiger partial charge in [0.05, 0.1) is 10.5 Å². The molecule has 0 spiro atoms. The van der Waals surface area contributed by atoms with Crippen molar-refractivity contribution >= 4 is 21.8 Å². The van der Waals surface area contributed by atoms with Crippen molar-refractivity contribution in [2.24, 2.45) is 5.92 Å². The molecule has 3 rings (SSSR count). The predicted molar refractivity (Wildman–Crippen MR) is 98.1 cm³/mol. The van der Waals surface area contributed by atoms with Gasteiger partial charge >= 0.3 is 6.18 Å². The van der Waals surface area contributed by atoms with Crippen LogP contribution in [0.25, 0.3) is 0 Å². The van der Waals surface area contributed by atoms with Crippen LogP contribution in [-0.2, 0) is 25.8 Å². The van der Waals surface area contributed by atoms with Crippen LogP contribution in [0.1, 0.15) is 51.0 Å². The van der Waals surface area contributed by atoms with Crippen molar-refractivity contribution in [2.75, 3.05) is 6.54 Å². The Morgan fingerprint density at radius 1 is 1.14 bits per heavy atom. The molecule has 1 aromatic carbocycles. The van der Waals surface area contributed by atoms with E-state index < -0.39 is 38.1 Å². The first-order chi connectivity index (χ1) is 13.5. The third-order valence-electron chi connectivity index (χ3n) is 5.84. The third kappa shape index (κ3) is 4.12. The summed E-state index contributed by atoms with van der Waals surface area (Å²) in [6.45, 7) is 1.76. The summed E-state index contributed by atoms with van der Waals surface area (Å²) in [4.78, 5) is 25.8. The quantitative estimate of drug-likeness (QED) is 0.793. The van der Waals surface area contributed by atoms with E-state index >= 15 is 0 Å². The van der Waals surface area contributed by atoms with Crippen LogP contribution in [0.4, 0.5) is 13.2 Å². The molecule has 1 aliphatic heterocycles. The minimum absolute atomic E-state index is 0.193. The summed E-state index contributed by atoms with van der Waals surface area (Å²) in [6.07, 6.45) is -0.288. The normalized spacial score (nSPS) is 23.4. The fourth-order valence-electron chi connectivity index (χ4n) is 3.94. The smallest absolute Gasteiger partial charge is 0.328 e. The largest absolute Gasteiger partial charge is 0.417 e. The molecule has 2 aliphatic rings. The van der Waals surface area contributed by atoms with Gasteiger partial charge in [-0.05, 0) is 38.3 Å². The van der Waals surface area contributed by atoms with E-state index in [1.807, 2.05) is 0 Å². The average Bonchev–Trinajstić information content (AvgIpc) is 2.66. The number of likely N-dealkylation sites (tertiary alicyclic amines) is 1. The topological polar surface area (TPSA) is 83.6 Å². The average molecular weight is 432 g/mol. The molecule has 160 valence electrons. The van der Waals surface area contributed by atoms with Crippen LogP contribution < -0.4 is 4.72 Å². The number of hydrogen-bond acceptors (Lipinski definition) is 4. The zero-order chi connectivity index (χ0) is 21.4. The Kier molecular flexibility index (Phi) is 5.68. The second kappa shape index (κ2) is 7.62. The Morgan fingerprint density at radius 3 is 2.31 bits per heavy atom. The highest BCUT2D eigenvalue weighted by Gasteiger charge is 2.52. The monoisotopic (exact) mass is 432 g/mol. The van der Waals surface area contributed by atoms with Crippen LogP contribution in [0.15, 0.2) is 29.2 Å². The number of sulfonamides is 1. The van der Waals surface area contributed by atoms with Crippen molar-refractivity contribution in [3.05, 3.63) is 29.8 Å². The molecule has 0 aromatic heterocycles. The molecular formula is C19H23F3N2O4S. The molecule has 0 bridgehead atoms. The van der Waals surface area contributed by atoms with Gasteiger partial charge in [-0.25, -0.2) is 13.1 Å². The summed E-state index contributed by atoms with van der Waals surface area (Å²) < 4.78 is 66.3. The van der Waals surface area contributed by atoms with Gasteiger partial charge < -0.3 is 4.90 Å². The van der Waals surface area contributed by atoms with E-state index in [0.29, 0.717) is 12.6 Å². The number of amides is 2. The van der Waals surface area contributed by atoms with Crippen molar-refractivity contribution in [1.82, 2.24) is 9.62 Å². The van der Waals surface area contributed by atoms with Gasteiger partial charge in [0.25, 0.3) is 15.9 Å².